The topological polar surface area (TPSA) is 60.3 Å². The van der Waals surface area contributed by atoms with Crippen LogP contribution in [0, 0.1) is 0 Å². The van der Waals surface area contributed by atoms with Crippen molar-refractivity contribution in [2.45, 2.75) is 26.2 Å². The third-order valence-electron chi connectivity index (χ3n) is 3.72. The fraction of sp³-hybridized carbons (Fsp3) is 0.350. The molecule has 0 radical (unpaired) electrons. The number of methoxy groups -OCH3 is 1. The molecule has 0 saturated carbocycles. The van der Waals surface area contributed by atoms with E-state index in [9.17, 15) is 0 Å². The third-order valence-corrected chi connectivity index (χ3v) is 3.72. The Labute approximate surface area is 148 Å². The van der Waals surface area contributed by atoms with Gasteiger partial charge in [-0.25, -0.2) is 0 Å². The number of rotatable bonds is 7. The standard InChI is InChI=1S/C20H25NO4/c1-20(2,3)16-6-8-17(9-7-16)24-11-12-25-19-13-15(14-21-22)5-10-18(19)23-4/h5-10,13-14,22H,11-12H2,1-4H3. The molecule has 0 fully saturated rings. The van der Waals surface area contributed by atoms with Crippen LogP contribution in [0.3, 0.4) is 0 Å². The molecule has 1 N–H and O–H groups in total. The van der Waals surface area contributed by atoms with Crippen LogP contribution in [0.5, 0.6) is 17.2 Å². The molecule has 0 aliphatic heterocycles. The molecule has 0 atom stereocenters. The van der Waals surface area contributed by atoms with Gasteiger partial charge in [0, 0.05) is 5.56 Å². The summed E-state index contributed by atoms with van der Waals surface area (Å²) in [6, 6.07) is 13.4. The quantitative estimate of drug-likeness (QED) is 0.353. The molecule has 2 aromatic rings. The Balaban J connectivity index is 1.89. The van der Waals surface area contributed by atoms with Crippen LogP contribution in [-0.2, 0) is 5.41 Å². The first-order valence-corrected chi connectivity index (χ1v) is 8.15. The Morgan fingerprint density at radius 2 is 1.64 bits per heavy atom. The van der Waals surface area contributed by atoms with Gasteiger partial charge in [0.2, 0.25) is 0 Å². The zero-order valence-corrected chi connectivity index (χ0v) is 15.2. The minimum atomic E-state index is 0.126. The average Bonchev–Trinajstić information content (AvgIpc) is 2.59. The molecule has 0 saturated heterocycles. The molecule has 0 aromatic heterocycles. The van der Waals surface area contributed by atoms with Crippen LogP contribution in [0.1, 0.15) is 31.9 Å². The maximum Gasteiger partial charge on any atom is 0.161 e. The molecule has 2 rings (SSSR count). The van der Waals surface area contributed by atoms with Crippen LogP contribution in [0.15, 0.2) is 47.6 Å². The summed E-state index contributed by atoms with van der Waals surface area (Å²) in [5, 5.41) is 11.6. The van der Waals surface area contributed by atoms with Crippen molar-refractivity contribution in [3.8, 4) is 17.2 Å². The molecular formula is C20H25NO4. The highest BCUT2D eigenvalue weighted by atomic mass is 16.5. The number of ether oxygens (including phenoxy) is 3. The number of nitrogens with zero attached hydrogens (tertiary/aromatic N) is 1. The van der Waals surface area contributed by atoms with E-state index in [1.54, 1.807) is 25.3 Å². The smallest absolute Gasteiger partial charge is 0.161 e. The summed E-state index contributed by atoms with van der Waals surface area (Å²) in [5.74, 6) is 2.00. The van der Waals surface area contributed by atoms with Crippen LogP contribution in [-0.4, -0.2) is 31.7 Å². The monoisotopic (exact) mass is 343 g/mol. The van der Waals surface area contributed by atoms with Gasteiger partial charge in [0.25, 0.3) is 0 Å². The van der Waals surface area contributed by atoms with Crippen LogP contribution in [0.25, 0.3) is 0 Å². The third kappa shape index (κ3) is 5.41. The Kier molecular flexibility index (Phi) is 6.28. The van der Waals surface area contributed by atoms with Gasteiger partial charge in [0.1, 0.15) is 19.0 Å². The van der Waals surface area contributed by atoms with Crippen molar-refractivity contribution in [1.29, 1.82) is 0 Å². The molecule has 0 aliphatic rings. The number of benzene rings is 2. The fourth-order valence-electron chi connectivity index (χ4n) is 2.32. The number of oxime groups is 1. The summed E-state index contributed by atoms with van der Waals surface area (Å²) in [6.45, 7) is 7.33. The Morgan fingerprint density at radius 1 is 0.960 bits per heavy atom. The van der Waals surface area contributed by atoms with Crippen LogP contribution in [0.4, 0.5) is 0 Å². The van der Waals surface area contributed by atoms with Gasteiger partial charge in [0.05, 0.1) is 13.3 Å². The molecule has 5 nitrogen and oxygen atoms in total. The summed E-state index contributed by atoms with van der Waals surface area (Å²) >= 11 is 0. The van der Waals surface area contributed by atoms with E-state index in [4.69, 9.17) is 19.4 Å². The lowest BCUT2D eigenvalue weighted by Gasteiger charge is -2.19. The number of hydrogen-bond acceptors (Lipinski definition) is 5. The largest absolute Gasteiger partial charge is 0.493 e. The van der Waals surface area contributed by atoms with E-state index < -0.39 is 0 Å². The van der Waals surface area contributed by atoms with E-state index in [1.807, 2.05) is 12.1 Å². The lowest BCUT2D eigenvalue weighted by molar-refractivity contribution is 0.211. The Bertz CT molecular complexity index is 703. The van der Waals surface area contributed by atoms with Gasteiger partial charge in [-0.3, -0.25) is 0 Å². The maximum atomic E-state index is 8.62. The molecule has 0 amide bonds. The minimum Gasteiger partial charge on any atom is -0.493 e. The van der Waals surface area contributed by atoms with Crippen molar-refractivity contribution in [1.82, 2.24) is 0 Å². The first kappa shape index (κ1) is 18.6. The summed E-state index contributed by atoms with van der Waals surface area (Å²) in [5.41, 5.74) is 2.11. The van der Waals surface area contributed by atoms with Crippen LogP contribution in [0.2, 0.25) is 0 Å². The molecule has 134 valence electrons. The van der Waals surface area contributed by atoms with Crippen molar-refractivity contribution in [3.05, 3.63) is 53.6 Å². The van der Waals surface area contributed by atoms with E-state index in [0.717, 1.165) is 11.3 Å². The summed E-state index contributed by atoms with van der Waals surface area (Å²) < 4.78 is 16.7. The van der Waals surface area contributed by atoms with Crippen LogP contribution >= 0.6 is 0 Å². The normalized spacial score (nSPS) is 11.5. The van der Waals surface area contributed by atoms with E-state index in [0.29, 0.717) is 24.7 Å². The highest BCUT2D eigenvalue weighted by Gasteiger charge is 2.13. The van der Waals surface area contributed by atoms with Gasteiger partial charge in [-0.05, 0) is 41.3 Å². The fourth-order valence-corrected chi connectivity index (χ4v) is 2.32. The lowest BCUT2D eigenvalue weighted by Crippen LogP contribution is -2.12. The summed E-state index contributed by atoms with van der Waals surface area (Å²) in [6.07, 6.45) is 1.33. The van der Waals surface area contributed by atoms with Gasteiger partial charge in [0.15, 0.2) is 11.5 Å². The summed E-state index contributed by atoms with van der Waals surface area (Å²) in [4.78, 5) is 0. The zero-order valence-electron chi connectivity index (χ0n) is 15.2. The first-order valence-electron chi connectivity index (χ1n) is 8.15. The average molecular weight is 343 g/mol. The van der Waals surface area contributed by atoms with E-state index in [1.165, 1.54) is 11.8 Å². The first-order chi connectivity index (χ1) is 11.9. The lowest BCUT2D eigenvalue weighted by atomic mass is 9.87. The van der Waals surface area contributed by atoms with Gasteiger partial charge in [-0.15, -0.1) is 0 Å². The Morgan fingerprint density at radius 3 is 2.24 bits per heavy atom. The highest BCUT2D eigenvalue weighted by Crippen LogP contribution is 2.28. The van der Waals surface area contributed by atoms with Crippen molar-refractivity contribution < 1.29 is 19.4 Å². The molecule has 0 aliphatic carbocycles. The maximum absolute atomic E-state index is 8.62. The molecular weight excluding hydrogens is 318 g/mol. The molecule has 0 spiro atoms. The van der Waals surface area contributed by atoms with Crippen LogP contribution < -0.4 is 14.2 Å². The van der Waals surface area contributed by atoms with E-state index in [2.05, 4.69) is 38.1 Å². The second kappa shape index (κ2) is 8.42. The molecule has 0 heterocycles. The van der Waals surface area contributed by atoms with Gasteiger partial charge >= 0.3 is 0 Å². The summed E-state index contributed by atoms with van der Waals surface area (Å²) in [7, 11) is 1.58. The van der Waals surface area contributed by atoms with E-state index in [-0.39, 0.29) is 5.41 Å². The molecule has 2 aromatic carbocycles. The van der Waals surface area contributed by atoms with Gasteiger partial charge in [-0.1, -0.05) is 38.1 Å². The highest BCUT2D eigenvalue weighted by molar-refractivity contribution is 5.80. The molecule has 5 heteroatoms. The molecule has 0 unspecified atom stereocenters. The second-order valence-corrected chi connectivity index (χ2v) is 6.63. The Hall–Kier alpha value is -2.69. The molecule has 0 bridgehead atoms. The van der Waals surface area contributed by atoms with Crippen molar-refractivity contribution in [3.63, 3.8) is 0 Å². The van der Waals surface area contributed by atoms with Crippen molar-refractivity contribution in [2.75, 3.05) is 20.3 Å². The minimum absolute atomic E-state index is 0.126. The zero-order chi connectivity index (χ0) is 18.3. The van der Waals surface area contributed by atoms with E-state index >= 15 is 0 Å². The predicted octanol–water partition coefficient (Wildman–Crippen LogP) is 4.26. The second-order valence-electron chi connectivity index (χ2n) is 6.63. The van der Waals surface area contributed by atoms with Crippen molar-refractivity contribution >= 4 is 6.21 Å². The molecule has 25 heavy (non-hydrogen) atoms. The SMILES string of the molecule is COc1ccc(C=NO)cc1OCCOc1ccc(C(C)(C)C)cc1. The van der Waals surface area contributed by atoms with Crippen molar-refractivity contribution in [2.24, 2.45) is 5.16 Å². The predicted molar refractivity (Wildman–Crippen MR) is 98.5 cm³/mol. The van der Waals surface area contributed by atoms with Gasteiger partial charge < -0.3 is 19.4 Å². The van der Waals surface area contributed by atoms with Gasteiger partial charge in [-0.2, -0.15) is 0 Å². The number of hydrogen-bond donors (Lipinski definition) is 1.